The Morgan fingerprint density at radius 1 is 1.08 bits per heavy atom. The van der Waals surface area contributed by atoms with Crippen molar-refractivity contribution in [1.82, 2.24) is 9.97 Å². The number of aromatic amines is 2. The summed E-state index contributed by atoms with van der Waals surface area (Å²) in [5, 5.41) is 2.74. The quantitative estimate of drug-likeness (QED) is 0.674. The smallest absolute Gasteiger partial charge is 0.323 e. The van der Waals surface area contributed by atoms with Gasteiger partial charge in [0, 0.05) is 5.69 Å². The van der Waals surface area contributed by atoms with Crippen LogP contribution in [0.15, 0.2) is 47.3 Å². The molecule has 3 N–H and O–H groups in total. The predicted molar refractivity (Wildman–Crippen MR) is 93.6 cm³/mol. The molecule has 6 nitrogen and oxygen atoms in total. The minimum absolute atomic E-state index is 0.0806. The summed E-state index contributed by atoms with van der Waals surface area (Å²) in [6, 6.07) is 12.9. The number of ether oxygens (including phenoxy) is 1. The third kappa shape index (κ3) is 3.65. The van der Waals surface area contributed by atoms with Crippen molar-refractivity contribution < 1.29 is 9.53 Å². The van der Waals surface area contributed by atoms with Crippen LogP contribution in [0.4, 0.5) is 5.69 Å². The first-order valence-electron chi connectivity index (χ1n) is 7.76. The molecule has 0 atom stereocenters. The lowest BCUT2D eigenvalue weighted by molar-refractivity contribution is -0.118. The Labute approximate surface area is 138 Å². The second-order valence-electron chi connectivity index (χ2n) is 5.90. The Morgan fingerprint density at radius 2 is 1.79 bits per heavy atom. The van der Waals surface area contributed by atoms with Crippen LogP contribution < -0.4 is 15.7 Å². The number of fused-ring (bicyclic) bond motifs is 1. The number of aromatic nitrogens is 2. The average Bonchev–Trinajstić information content (AvgIpc) is 2.92. The zero-order chi connectivity index (χ0) is 17.1. The molecular formula is C18H19N3O3. The van der Waals surface area contributed by atoms with Crippen molar-refractivity contribution in [2.24, 2.45) is 0 Å². The second kappa shape index (κ2) is 6.62. The van der Waals surface area contributed by atoms with Gasteiger partial charge < -0.3 is 20.0 Å². The van der Waals surface area contributed by atoms with Crippen molar-refractivity contribution in [3.05, 3.63) is 58.5 Å². The lowest BCUT2D eigenvalue weighted by Crippen LogP contribution is -2.20. The second-order valence-corrected chi connectivity index (χ2v) is 5.90. The highest BCUT2D eigenvalue weighted by Crippen LogP contribution is 2.19. The normalized spacial score (nSPS) is 11.0. The van der Waals surface area contributed by atoms with Gasteiger partial charge in [-0.1, -0.05) is 26.0 Å². The molecule has 1 aromatic heterocycles. The minimum atomic E-state index is -0.276. The van der Waals surface area contributed by atoms with Gasteiger partial charge in [0.05, 0.1) is 11.0 Å². The van der Waals surface area contributed by atoms with Crippen molar-refractivity contribution in [2.45, 2.75) is 19.8 Å². The first kappa shape index (κ1) is 15.9. The van der Waals surface area contributed by atoms with Gasteiger partial charge in [0.2, 0.25) is 0 Å². The van der Waals surface area contributed by atoms with Gasteiger partial charge in [-0.15, -0.1) is 0 Å². The van der Waals surface area contributed by atoms with Crippen LogP contribution >= 0.6 is 0 Å². The Balaban J connectivity index is 1.59. The van der Waals surface area contributed by atoms with E-state index >= 15 is 0 Å². The molecule has 6 heteroatoms. The summed E-state index contributed by atoms with van der Waals surface area (Å²) in [6.45, 7) is 4.17. The monoisotopic (exact) mass is 325 g/mol. The number of amides is 1. The molecule has 0 spiro atoms. The van der Waals surface area contributed by atoms with Gasteiger partial charge in [0.15, 0.2) is 6.61 Å². The fraction of sp³-hybridized carbons (Fsp3) is 0.222. The summed E-state index contributed by atoms with van der Waals surface area (Å²) in [5.41, 5.74) is 2.88. The van der Waals surface area contributed by atoms with Crippen LogP contribution in [0.25, 0.3) is 11.0 Å². The Kier molecular flexibility index (Phi) is 4.37. The van der Waals surface area contributed by atoms with E-state index < -0.39 is 0 Å². The minimum Gasteiger partial charge on any atom is -0.484 e. The highest BCUT2D eigenvalue weighted by molar-refractivity contribution is 5.93. The van der Waals surface area contributed by atoms with E-state index in [9.17, 15) is 9.59 Å². The van der Waals surface area contributed by atoms with Crippen LogP contribution in [-0.2, 0) is 4.79 Å². The summed E-state index contributed by atoms with van der Waals surface area (Å²) in [4.78, 5) is 28.5. The molecule has 1 amide bonds. The van der Waals surface area contributed by atoms with Crippen LogP contribution in [-0.4, -0.2) is 22.5 Å². The number of benzene rings is 2. The molecule has 24 heavy (non-hydrogen) atoms. The largest absolute Gasteiger partial charge is 0.484 e. The molecule has 0 saturated carbocycles. The molecule has 0 bridgehead atoms. The van der Waals surface area contributed by atoms with Gasteiger partial charge in [-0.25, -0.2) is 4.79 Å². The average molecular weight is 325 g/mol. The molecule has 0 aliphatic heterocycles. The lowest BCUT2D eigenvalue weighted by atomic mass is 10.0. The number of carbonyl (C=O) groups is 1. The van der Waals surface area contributed by atoms with Crippen LogP contribution in [0, 0.1) is 0 Å². The number of anilines is 1. The first-order valence-corrected chi connectivity index (χ1v) is 7.76. The molecule has 0 fully saturated rings. The highest BCUT2D eigenvalue weighted by Gasteiger charge is 2.06. The molecule has 0 aliphatic carbocycles. The van der Waals surface area contributed by atoms with Gasteiger partial charge in [-0.05, 0) is 41.8 Å². The van der Waals surface area contributed by atoms with Gasteiger partial charge >= 0.3 is 5.69 Å². The number of hydrogen-bond acceptors (Lipinski definition) is 3. The maximum Gasteiger partial charge on any atom is 0.323 e. The molecular weight excluding hydrogens is 306 g/mol. The van der Waals surface area contributed by atoms with Crippen molar-refractivity contribution in [3.63, 3.8) is 0 Å². The van der Waals surface area contributed by atoms with Gasteiger partial charge in [-0.2, -0.15) is 0 Å². The SMILES string of the molecule is CC(C)c1ccc(OCC(=O)Nc2ccc3[nH]c(=O)[nH]c3c2)cc1. The zero-order valence-corrected chi connectivity index (χ0v) is 13.6. The predicted octanol–water partition coefficient (Wildman–Crippen LogP) is 3.00. The fourth-order valence-electron chi connectivity index (χ4n) is 2.41. The third-order valence-electron chi connectivity index (χ3n) is 3.72. The number of nitrogens with one attached hydrogen (secondary N) is 3. The molecule has 2 aromatic carbocycles. The van der Waals surface area contributed by atoms with Crippen LogP contribution in [0.2, 0.25) is 0 Å². The number of carbonyl (C=O) groups excluding carboxylic acids is 1. The maximum absolute atomic E-state index is 12.0. The molecule has 1 heterocycles. The summed E-state index contributed by atoms with van der Waals surface area (Å²) < 4.78 is 5.49. The van der Waals surface area contributed by atoms with Gasteiger partial charge in [0.1, 0.15) is 5.75 Å². The number of rotatable bonds is 5. The molecule has 0 aliphatic rings. The number of hydrogen-bond donors (Lipinski definition) is 3. The van der Waals surface area contributed by atoms with Crippen molar-refractivity contribution in [2.75, 3.05) is 11.9 Å². The van der Waals surface area contributed by atoms with Crippen molar-refractivity contribution in [3.8, 4) is 5.75 Å². The molecule has 0 saturated heterocycles. The van der Waals surface area contributed by atoms with E-state index in [1.807, 2.05) is 24.3 Å². The summed E-state index contributed by atoms with van der Waals surface area (Å²) >= 11 is 0. The van der Waals surface area contributed by atoms with E-state index in [4.69, 9.17) is 4.74 Å². The molecule has 0 unspecified atom stereocenters. The summed E-state index contributed by atoms with van der Waals surface area (Å²) in [7, 11) is 0. The Hall–Kier alpha value is -3.02. The first-order chi connectivity index (χ1) is 11.5. The highest BCUT2D eigenvalue weighted by atomic mass is 16.5. The van der Waals surface area contributed by atoms with E-state index in [-0.39, 0.29) is 18.2 Å². The number of imidazole rings is 1. The van der Waals surface area contributed by atoms with E-state index in [2.05, 4.69) is 29.1 Å². The lowest BCUT2D eigenvalue weighted by Gasteiger charge is -2.09. The molecule has 124 valence electrons. The third-order valence-corrected chi connectivity index (χ3v) is 3.72. The zero-order valence-electron chi connectivity index (χ0n) is 13.6. The van der Waals surface area contributed by atoms with Crippen molar-refractivity contribution >= 4 is 22.6 Å². The fourth-order valence-corrected chi connectivity index (χ4v) is 2.41. The molecule has 0 radical (unpaired) electrons. The Morgan fingerprint density at radius 3 is 2.50 bits per heavy atom. The van der Waals surface area contributed by atoms with Crippen molar-refractivity contribution in [1.29, 1.82) is 0 Å². The van der Waals surface area contributed by atoms with Crippen LogP contribution in [0.5, 0.6) is 5.75 Å². The van der Waals surface area contributed by atoms with Gasteiger partial charge in [0.25, 0.3) is 5.91 Å². The van der Waals surface area contributed by atoms with E-state index in [0.717, 1.165) is 0 Å². The summed E-state index contributed by atoms with van der Waals surface area (Å²) in [6.07, 6.45) is 0. The Bertz CT molecular complexity index is 907. The standard InChI is InChI=1S/C18H19N3O3/c1-11(2)12-3-6-14(7-4-12)24-10-17(22)19-13-5-8-15-16(9-13)21-18(23)20-15/h3-9,11H,10H2,1-2H3,(H,19,22)(H2,20,21,23). The van der Waals surface area contributed by atoms with Crippen LogP contribution in [0.1, 0.15) is 25.3 Å². The van der Waals surface area contributed by atoms with E-state index in [1.54, 1.807) is 18.2 Å². The summed E-state index contributed by atoms with van der Waals surface area (Å²) in [5.74, 6) is 0.845. The van der Waals surface area contributed by atoms with Crippen LogP contribution in [0.3, 0.4) is 0 Å². The van der Waals surface area contributed by atoms with E-state index in [0.29, 0.717) is 28.4 Å². The van der Waals surface area contributed by atoms with Gasteiger partial charge in [-0.3, -0.25) is 4.79 Å². The molecule has 3 aromatic rings. The maximum atomic E-state index is 12.0. The van der Waals surface area contributed by atoms with E-state index in [1.165, 1.54) is 5.56 Å². The molecule has 3 rings (SSSR count). The number of H-pyrrole nitrogens is 2. The topological polar surface area (TPSA) is 87.0 Å².